The SMILES string of the molecule is CC(Cc1ccccc1)OC(=O)CCC(NC(=O)OCC1c2ccccc2-c2ccccc21)C(=O)O. The summed E-state index contributed by atoms with van der Waals surface area (Å²) in [6.45, 7) is 1.86. The van der Waals surface area contributed by atoms with Gasteiger partial charge in [0, 0.05) is 18.8 Å². The summed E-state index contributed by atoms with van der Waals surface area (Å²) in [5.74, 6) is -1.89. The zero-order chi connectivity index (χ0) is 25.5. The van der Waals surface area contributed by atoms with Gasteiger partial charge in [-0.15, -0.1) is 0 Å². The highest BCUT2D eigenvalue weighted by molar-refractivity contribution is 5.81. The van der Waals surface area contributed by atoms with Crippen molar-refractivity contribution in [2.24, 2.45) is 0 Å². The summed E-state index contributed by atoms with van der Waals surface area (Å²) in [6.07, 6.45) is -0.864. The van der Waals surface area contributed by atoms with Gasteiger partial charge in [0.05, 0.1) is 0 Å². The lowest BCUT2D eigenvalue weighted by Crippen LogP contribution is -2.41. The van der Waals surface area contributed by atoms with Crippen molar-refractivity contribution in [3.05, 3.63) is 95.6 Å². The number of alkyl carbamates (subject to hydrolysis) is 1. The molecule has 36 heavy (non-hydrogen) atoms. The van der Waals surface area contributed by atoms with Crippen molar-refractivity contribution in [3.63, 3.8) is 0 Å². The number of esters is 1. The topological polar surface area (TPSA) is 102 Å². The molecule has 7 nitrogen and oxygen atoms in total. The molecule has 7 heteroatoms. The van der Waals surface area contributed by atoms with Crippen molar-refractivity contribution in [2.45, 2.75) is 44.2 Å². The Hall–Kier alpha value is -4.13. The second-order valence-corrected chi connectivity index (χ2v) is 8.89. The Morgan fingerprint density at radius 2 is 1.47 bits per heavy atom. The molecule has 0 spiro atoms. The molecule has 3 aromatic carbocycles. The van der Waals surface area contributed by atoms with Crippen LogP contribution in [0.3, 0.4) is 0 Å². The van der Waals surface area contributed by atoms with E-state index < -0.39 is 24.1 Å². The maximum atomic E-state index is 12.5. The predicted octanol–water partition coefficient (Wildman–Crippen LogP) is 4.93. The summed E-state index contributed by atoms with van der Waals surface area (Å²) in [5.41, 5.74) is 5.37. The Kier molecular flexibility index (Phi) is 8.00. The molecule has 0 fully saturated rings. The zero-order valence-electron chi connectivity index (χ0n) is 20.1. The molecule has 3 aromatic rings. The third-order valence-electron chi connectivity index (χ3n) is 6.27. The van der Waals surface area contributed by atoms with E-state index in [1.165, 1.54) is 0 Å². The van der Waals surface area contributed by atoms with E-state index in [-0.39, 0.29) is 31.5 Å². The summed E-state index contributed by atoms with van der Waals surface area (Å²) in [6, 6.07) is 24.3. The second-order valence-electron chi connectivity index (χ2n) is 8.89. The molecule has 0 heterocycles. The molecule has 2 N–H and O–H groups in total. The summed E-state index contributed by atoms with van der Waals surface area (Å²) < 4.78 is 10.8. The van der Waals surface area contributed by atoms with E-state index >= 15 is 0 Å². The molecular weight excluding hydrogens is 458 g/mol. The van der Waals surface area contributed by atoms with Gasteiger partial charge < -0.3 is 19.9 Å². The normalized spacial score (nSPS) is 13.7. The van der Waals surface area contributed by atoms with Crippen molar-refractivity contribution in [1.29, 1.82) is 0 Å². The number of carbonyl (C=O) groups is 3. The van der Waals surface area contributed by atoms with E-state index in [0.29, 0.717) is 6.42 Å². The van der Waals surface area contributed by atoms with Crippen molar-refractivity contribution < 1.29 is 29.0 Å². The second kappa shape index (κ2) is 11.5. The molecule has 2 unspecified atom stereocenters. The molecule has 1 aliphatic rings. The highest BCUT2D eigenvalue weighted by atomic mass is 16.6. The van der Waals surface area contributed by atoms with Crippen LogP contribution in [0.5, 0.6) is 0 Å². The number of ether oxygens (including phenoxy) is 2. The number of carboxylic acid groups (broad SMARTS) is 1. The quantitative estimate of drug-likeness (QED) is 0.393. The first-order chi connectivity index (χ1) is 17.4. The monoisotopic (exact) mass is 487 g/mol. The van der Waals surface area contributed by atoms with Crippen molar-refractivity contribution >= 4 is 18.0 Å². The first-order valence-electron chi connectivity index (χ1n) is 12.0. The summed E-state index contributed by atoms with van der Waals surface area (Å²) in [5, 5.41) is 11.9. The number of fused-ring (bicyclic) bond motifs is 3. The fourth-order valence-electron chi connectivity index (χ4n) is 4.57. The average molecular weight is 488 g/mol. The van der Waals surface area contributed by atoms with Gasteiger partial charge in [0.2, 0.25) is 0 Å². The first-order valence-corrected chi connectivity index (χ1v) is 12.0. The van der Waals surface area contributed by atoms with Gasteiger partial charge in [-0.25, -0.2) is 9.59 Å². The van der Waals surface area contributed by atoms with E-state index in [1.807, 2.05) is 78.9 Å². The van der Waals surface area contributed by atoms with Crippen LogP contribution < -0.4 is 5.32 Å². The highest BCUT2D eigenvalue weighted by Gasteiger charge is 2.30. The van der Waals surface area contributed by atoms with E-state index in [4.69, 9.17) is 9.47 Å². The van der Waals surface area contributed by atoms with Crippen LogP contribution in [0.15, 0.2) is 78.9 Å². The maximum Gasteiger partial charge on any atom is 0.407 e. The number of amides is 1. The first kappa shape index (κ1) is 25.0. The number of carboxylic acids is 1. The van der Waals surface area contributed by atoms with E-state index in [9.17, 15) is 19.5 Å². The van der Waals surface area contributed by atoms with Gasteiger partial charge in [-0.1, -0.05) is 78.9 Å². The minimum Gasteiger partial charge on any atom is -0.480 e. The van der Waals surface area contributed by atoms with Gasteiger partial charge in [-0.2, -0.15) is 0 Å². The minimum atomic E-state index is -1.27. The van der Waals surface area contributed by atoms with Crippen LogP contribution in [0.4, 0.5) is 4.79 Å². The molecule has 0 aliphatic heterocycles. The minimum absolute atomic E-state index is 0.0746. The number of nitrogens with one attached hydrogen (secondary N) is 1. The Bertz CT molecular complexity index is 1180. The zero-order valence-corrected chi connectivity index (χ0v) is 20.1. The average Bonchev–Trinajstić information content (AvgIpc) is 3.19. The Morgan fingerprint density at radius 1 is 0.889 bits per heavy atom. The Morgan fingerprint density at radius 3 is 2.08 bits per heavy atom. The lowest BCUT2D eigenvalue weighted by Gasteiger charge is -2.18. The van der Waals surface area contributed by atoms with Gasteiger partial charge >= 0.3 is 18.0 Å². The van der Waals surface area contributed by atoms with Crippen LogP contribution in [0, 0.1) is 0 Å². The molecule has 1 amide bonds. The maximum absolute atomic E-state index is 12.5. The van der Waals surface area contributed by atoms with E-state index in [1.54, 1.807) is 6.92 Å². The summed E-state index contributed by atoms with van der Waals surface area (Å²) in [7, 11) is 0. The van der Waals surface area contributed by atoms with Gasteiger partial charge in [0.25, 0.3) is 0 Å². The molecule has 0 saturated heterocycles. The molecule has 1 aliphatic carbocycles. The smallest absolute Gasteiger partial charge is 0.407 e. The third kappa shape index (κ3) is 6.10. The van der Waals surface area contributed by atoms with Gasteiger partial charge in [-0.05, 0) is 41.2 Å². The third-order valence-corrected chi connectivity index (χ3v) is 6.27. The predicted molar refractivity (Wildman–Crippen MR) is 135 cm³/mol. The molecule has 2 atom stereocenters. The summed E-state index contributed by atoms with van der Waals surface area (Å²) >= 11 is 0. The van der Waals surface area contributed by atoms with E-state index in [0.717, 1.165) is 27.8 Å². The lowest BCUT2D eigenvalue weighted by atomic mass is 9.98. The Balaban J connectivity index is 1.27. The fourth-order valence-corrected chi connectivity index (χ4v) is 4.57. The number of benzene rings is 3. The Labute approximate surface area is 210 Å². The molecule has 0 saturated carbocycles. The molecule has 0 bridgehead atoms. The highest BCUT2D eigenvalue weighted by Crippen LogP contribution is 2.44. The number of hydrogen-bond donors (Lipinski definition) is 2. The summed E-state index contributed by atoms with van der Waals surface area (Å²) in [4.78, 5) is 36.4. The molecule has 186 valence electrons. The number of carbonyl (C=O) groups excluding carboxylic acids is 2. The van der Waals surface area contributed by atoms with Crippen LogP contribution in [-0.2, 0) is 25.5 Å². The number of rotatable bonds is 10. The molecule has 0 radical (unpaired) electrons. The molecule has 0 aromatic heterocycles. The van der Waals surface area contributed by atoms with Crippen molar-refractivity contribution in [3.8, 4) is 11.1 Å². The number of aliphatic carboxylic acids is 1. The van der Waals surface area contributed by atoms with E-state index in [2.05, 4.69) is 5.32 Å². The standard InChI is InChI=1S/C29H29NO6/c1-19(17-20-9-3-2-4-10-20)36-27(31)16-15-26(28(32)33)30-29(34)35-18-25-23-13-7-5-11-21(23)22-12-6-8-14-24(22)25/h2-14,19,25-26H,15-18H2,1H3,(H,30,34)(H,32,33). The van der Waals surface area contributed by atoms with Crippen LogP contribution in [0.1, 0.15) is 42.4 Å². The fraction of sp³-hybridized carbons (Fsp3) is 0.276. The number of hydrogen-bond acceptors (Lipinski definition) is 5. The van der Waals surface area contributed by atoms with Crippen LogP contribution in [-0.4, -0.2) is 41.9 Å². The lowest BCUT2D eigenvalue weighted by molar-refractivity contribution is -0.148. The van der Waals surface area contributed by atoms with Crippen LogP contribution in [0.2, 0.25) is 0 Å². The molecular formula is C29H29NO6. The van der Waals surface area contributed by atoms with Crippen LogP contribution >= 0.6 is 0 Å². The van der Waals surface area contributed by atoms with Gasteiger partial charge in [-0.3, -0.25) is 4.79 Å². The van der Waals surface area contributed by atoms with Crippen molar-refractivity contribution in [1.82, 2.24) is 5.32 Å². The van der Waals surface area contributed by atoms with Gasteiger partial charge in [0.15, 0.2) is 0 Å². The van der Waals surface area contributed by atoms with Crippen molar-refractivity contribution in [2.75, 3.05) is 6.61 Å². The van der Waals surface area contributed by atoms with Gasteiger partial charge in [0.1, 0.15) is 18.8 Å². The largest absolute Gasteiger partial charge is 0.480 e. The molecule has 4 rings (SSSR count). The van der Waals surface area contributed by atoms with Crippen LogP contribution in [0.25, 0.3) is 11.1 Å².